The van der Waals surface area contributed by atoms with Crippen molar-refractivity contribution in [3.63, 3.8) is 0 Å². The second-order valence-corrected chi connectivity index (χ2v) is 8.32. The minimum Gasteiger partial charge on any atom is -0.326 e. The average molecular weight is 408 g/mol. The molecule has 3 amide bonds. The van der Waals surface area contributed by atoms with Crippen molar-refractivity contribution in [1.29, 1.82) is 0 Å². The first-order valence-electron chi connectivity index (χ1n) is 8.25. The summed E-state index contributed by atoms with van der Waals surface area (Å²) in [5.41, 5.74) is 1.20. The Balaban J connectivity index is 1.82. The lowest BCUT2D eigenvalue weighted by molar-refractivity contribution is -0.117. The van der Waals surface area contributed by atoms with Crippen LogP contribution in [0.5, 0.6) is 0 Å². The third-order valence-corrected chi connectivity index (χ3v) is 5.01. The Kier molecular flexibility index (Phi) is 7.74. The van der Waals surface area contributed by atoms with E-state index < -0.39 is 0 Å². The molecule has 1 aromatic carbocycles. The zero-order valence-corrected chi connectivity index (χ0v) is 16.9. The zero-order chi connectivity index (χ0) is 19.8. The van der Waals surface area contributed by atoms with Gasteiger partial charge in [0.1, 0.15) is 0 Å². The minimum absolute atomic E-state index is 0.102. The van der Waals surface area contributed by atoms with Crippen LogP contribution in [0.15, 0.2) is 28.6 Å². The fraction of sp³-hybridized carbons (Fsp3) is 0.353. The van der Waals surface area contributed by atoms with Crippen LogP contribution in [0.2, 0.25) is 0 Å². The van der Waals surface area contributed by atoms with Crippen molar-refractivity contribution in [3.05, 3.63) is 24.3 Å². The van der Waals surface area contributed by atoms with Crippen LogP contribution in [0, 0.1) is 5.92 Å². The fourth-order valence-corrected chi connectivity index (χ4v) is 3.63. The summed E-state index contributed by atoms with van der Waals surface area (Å²) in [6.07, 6.45) is 0.419. The van der Waals surface area contributed by atoms with Crippen molar-refractivity contribution < 1.29 is 14.4 Å². The van der Waals surface area contributed by atoms with Crippen LogP contribution >= 0.6 is 23.1 Å². The maximum atomic E-state index is 12.1. The summed E-state index contributed by atoms with van der Waals surface area (Å²) < 4.78 is 0.594. The van der Waals surface area contributed by atoms with E-state index in [-0.39, 0.29) is 29.4 Å². The van der Waals surface area contributed by atoms with Crippen LogP contribution in [0.4, 0.5) is 16.5 Å². The molecule has 0 atom stereocenters. The molecule has 0 aliphatic rings. The number of benzene rings is 1. The molecule has 1 heterocycles. The van der Waals surface area contributed by atoms with Crippen LogP contribution in [0.1, 0.15) is 27.2 Å². The van der Waals surface area contributed by atoms with Crippen molar-refractivity contribution in [3.8, 4) is 0 Å². The van der Waals surface area contributed by atoms with Crippen LogP contribution in [-0.2, 0) is 14.4 Å². The summed E-state index contributed by atoms with van der Waals surface area (Å²) in [5, 5.41) is 16.4. The molecule has 0 bridgehead atoms. The van der Waals surface area contributed by atoms with E-state index in [1.54, 1.807) is 24.3 Å². The van der Waals surface area contributed by atoms with Crippen LogP contribution in [-0.4, -0.2) is 33.7 Å². The number of nitrogens with zero attached hydrogens (tertiary/aromatic N) is 2. The number of hydrogen-bond acceptors (Lipinski definition) is 7. The Bertz CT molecular complexity index is 822. The van der Waals surface area contributed by atoms with Gasteiger partial charge in [0.2, 0.25) is 22.9 Å². The van der Waals surface area contributed by atoms with Gasteiger partial charge in [-0.3, -0.25) is 14.4 Å². The number of thioether (sulfide) groups is 1. The van der Waals surface area contributed by atoms with Gasteiger partial charge in [-0.15, -0.1) is 10.2 Å². The number of rotatable bonds is 8. The van der Waals surface area contributed by atoms with E-state index in [1.165, 1.54) is 30.0 Å². The smallest absolute Gasteiger partial charge is 0.234 e. The summed E-state index contributed by atoms with van der Waals surface area (Å²) in [4.78, 5) is 34.9. The van der Waals surface area contributed by atoms with Gasteiger partial charge in [0.05, 0.1) is 5.75 Å². The predicted molar refractivity (Wildman–Crippen MR) is 108 cm³/mol. The summed E-state index contributed by atoms with van der Waals surface area (Å²) in [6.45, 7) is 5.35. The first kappa shape index (κ1) is 20.8. The Morgan fingerprint density at radius 2 is 1.78 bits per heavy atom. The molecular weight excluding hydrogens is 386 g/mol. The second-order valence-electron chi connectivity index (χ2n) is 6.12. The summed E-state index contributed by atoms with van der Waals surface area (Å²) >= 11 is 2.46. The third kappa shape index (κ3) is 7.75. The van der Waals surface area contributed by atoms with Gasteiger partial charge in [-0.1, -0.05) is 43.0 Å². The van der Waals surface area contributed by atoms with Gasteiger partial charge in [-0.25, -0.2) is 0 Å². The molecule has 0 radical (unpaired) electrons. The predicted octanol–water partition coefficient (Wildman–Crippen LogP) is 3.21. The highest BCUT2D eigenvalue weighted by Gasteiger charge is 2.12. The normalized spacial score (nSPS) is 10.5. The van der Waals surface area contributed by atoms with Gasteiger partial charge in [-0.05, 0) is 24.1 Å². The van der Waals surface area contributed by atoms with E-state index in [0.717, 1.165) is 0 Å². The monoisotopic (exact) mass is 407 g/mol. The van der Waals surface area contributed by atoms with Crippen LogP contribution in [0.25, 0.3) is 0 Å². The molecule has 0 unspecified atom stereocenters. The van der Waals surface area contributed by atoms with Gasteiger partial charge in [0.15, 0.2) is 4.34 Å². The molecule has 0 spiro atoms. The number of aromatic nitrogens is 2. The highest BCUT2D eigenvalue weighted by molar-refractivity contribution is 8.01. The number of carbonyl (C=O) groups is 3. The van der Waals surface area contributed by atoms with Gasteiger partial charge in [0, 0.05) is 24.7 Å². The second kappa shape index (κ2) is 10.0. The summed E-state index contributed by atoms with van der Waals surface area (Å²) in [5.74, 6) is -0.0740. The maximum absolute atomic E-state index is 12.1. The molecule has 144 valence electrons. The highest BCUT2D eigenvalue weighted by atomic mass is 32.2. The molecule has 27 heavy (non-hydrogen) atoms. The molecule has 8 nitrogen and oxygen atoms in total. The van der Waals surface area contributed by atoms with E-state index in [2.05, 4.69) is 26.1 Å². The fourth-order valence-electron chi connectivity index (χ4n) is 2.06. The van der Waals surface area contributed by atoms with Crippen molar-refractivity contribution >= 4 is 57.3 Å². The molecule has 0 saturated heterocycles. The SMILES string of the molecule is CC(=O)Nc1cccc(NC(=O)CSc2nnc(NC(=O)CC(C)C)s2)c1. The van der Waals surface area contributed by atoms with Crippen LogP contribution < -0.4 is 16.0 Å². The Labute approximate surface area is 165 Å². The Morgan fingerprint density at radius 1 is 1.07 bits per heavy atom. The average Bonchev–Trinajstić information content (AvgIpc) is 2.99. The van der Waals surface area contributed by atoms with Gasteiger partial charge >= 0.3 is 0 Å². The van der Waals surface area contributed by atoms with Crippen molar-refractivity contribution in [2.75, 3.05) is 21.7 Å². The lowest BCUT2D eigenvalue weighted by atomic mass is 10.1. The topological polar surface area (TPSA) is 113 Å². The van der Waals surface area contributed by atoms with E-state index in [9.17, 15) is 14.4 Å². The summed E-state index contributed by atoms with van der Waals surface area (Å²) in [7, 11) is 0. The van der Waals surface area contributed by atoms with Crippen molar-refractivity contribution in [2.24, 2.45) is 5.92 Å². The first-order valence-corrected chi connectivity index (χ1v) is 10.1. The highest BCUT2D eigenvalue weighted by Crippen LogP contribution is 2.26. The maximum Gasteiger partial charge on any atom is 0.234 e. The van der Waals surface area contributed by atoms with E-state index >= 15 is 0 Å². The molecule has 1 aromatic heterocycles. The Hall–Kier alpha value is -2.46. The molecule has 0 aliphatic carbocycles. The molecule has 2 aromatic rings. The lowest BCUT2D eigenvalue weighted by Gasteiger charge is -2.07. The molecule has 3 N–H and O–H groups in total. The minimum atomic E-state index is -0.208. The third-order valence-electron chi connectivity index (χ3n) is 3.04. The van der Waals surface area contributed by atoms with E-state index in [4.69, 9.17) is 0 Å². The molecule has 0 saturated carbocycles. The molecule has 2 rings (SSSR count). The van der Waals surface area contributed by atoms with Crippen molar-refractivity contribution in [2.45, 2.75) is 31.5 Å². The molecule has 0 fully saturated rings. The van der Waals surface area contributed by atoms with E-state index in [1.807, 2.05) is 13.8 Å². The van der Waals surface area contributed by atoms with Crippen LogP contribution in [0.3, 0.4) is 0 Å². The van der Waals surface area contributed by atoms with Gasteiger partial charge < -0.3 is 16.0 Å². The summed E-state index contributed by atoms with van der Waals surface area (Å²) in [6, 6.07) is 6.89. The Morgan fingerprint density at radius 3 is 2.44 bits per heavy atom. The lowest BCUT2D eigenvalue weighted by Crippen LogP contribution is -2.14. The van der Waals surface area contributed by atoms with Gasteiger partial charge in [0.25, 0.3) is 0 Å². The standard InChI is InChI=1S/C17H21N5O3S2/c1-10(2)7-14(24)20-16-21-22-17(27-16)26-9-15(25)19-13-6-4-5-12(8-13)18-11(3)23/h4-6,8,10H,7,9H2,1-3H3,(H,18,23)(H,19,25)(H,20,21,24). The molecule has 0 aliphatic heterocycles. The van der Waals surface area contributed by atoms with Gasteiger partial charge in [-0.2, -0.15) is 0 Å². The quantitative estimate of drug-likeness (QED) is 0.457. The molecule has 10 heteroatoms. The largest absolute Gasteiger partial charge is 0.326 e. The number of amides is 3. The number of nitrogens with one attached hydrogen (secondary N) is 3. The number of hydrogen-bond donors (Lipinski definition) is 3. The van der Waals surface area contributed by atoms with E-state index in [0.29, 0.717) is 27.3 Å². The molecular formula is C17H21N5O3S2. The number of anilines is 3. The van der Waals surface area contributed by atoms with Crippen molar-refractivity contribution in [1.82, 2.24) is 10.2 Å². The first-order chi connectivity index (χ1) is 12.8. The zero-order valence-electron chi connectivity index (χ0n) is 15.2. The number of carbonyl (C=O) groups excluding carboxylic acids is 3.